The molecule has 0 aromatic heterocycles. The van der Waals surface area contributed by atoms with Gasteiger partial charge in [0.05, 0.1) is 7.11 Å². The standard InChI is InChI=1S/C14H17NO2S/c1-4-10-15(11-5-2)14(16)18-13-8-6-12(17-3)7-9-13/h4-9H,1-2,10-11H2,3H3. The van der Waals surface area contributed by atoms with Gasteiger partial charge in [-0.05, 0) is 36.0 Å². The van der Waals surface area contributed by atoms with Crippen LogP contribution >= 0.6 is 11.8 Å². The highest BCUT2D eigenvalue weighted by molar-refractivity contribution is 8.13. The molecule has 1 rings (SSSR count). The van der Waals surface area contributed by atoms with Crippen LogP contribution in [-0.2, 0) is 0 Å². The van der Waals surface area contributed by atoms with Gasteiger partial charge in [0.15, 0.2) is 0 Å². The van der Waals surface area contributed by atoms with Crippen molar-refractivity contribution in [3.63, 3.8) is 0 Å². The lowest BCUT2D eigenvalue weighted by Crippen LogP contribution is -2.27. The Bertz CT molecular complexity index is 404. The molecule has 0 saturated carbocycles. The highest BCUT2D eigenvalue weighted by Gasteiger charge is 2.12. The van der Waals surface area contributed by atoms with E-state index in [1.54, 1.807) is 24.2 Å². The van der Waals surface area contributed by atoms with Gasteiger partial charge in [-0.3, -0.25) is 4.79 Å². The second kappa shape index (κ2) is 7.61. The van der Waals surface area contributed by atoms with E-state index in [2.05, 4.69) is 13.2 Å². The zero-order chi connectivity index (χ0) is 13.4. The van der Waals surface area contributed by atoms with Crippen LogP contribution in [0.15, 0.2) is 54.5 Å². The Morgan fingerprint density at radius 3 is 2.28 bits per heavy atom. The molecular weight excluding hydrogens is 246 g/mol. The highest BCUT2D eigenvalue weighted by Crippen LogP contribution is 2.23. The molecule has 0 bridgehead atoms. The van der Waals surface area contributed by atoms with E-state index in [4.69, 9.17) is 4.74 Å². The second-order valence-electron chi connectivity index (χ2n) is 3.53. The SMILES string of the molecule is C=CCN(CC=C)C(=O)Sc1ccc(OC)cc1. The van der Waals surface area contributed by atoms with Crippen LogP contribution in [0.4, 0.5) is 4.79 Å². The van der Waals surface area contributed by atoms with Gasteiger partial charge in [-0.1, -0.05) is 12.2 Å². The summed E-state index contributed by atoms with van der Waals surface area (Å²) in [6.07, 6.45) is 3.41. The molecule has 0 aliphatic carbocycles. The van der Waals surface area contributed by atoms with Crippen LogP contribution in [0.1, 0.15) is 0 Å². The van der Waals surface area contributed by atoms with E-state index in [1.807, 2.05) is 24.3 Å². The van der Waals surface area contributed by atoms with Crippen molar-refractivity contribution < 1.29 is 9.53 Å². The number of hydrogen-bond acceptors (Lipinski definition) is 3. The van der Waals surface area contributed by atoms with Gasteiger partial charge < -0.3 is 9.64 Å². The first-order chi connectivity index (χ1) is 8.71. The summed E-state index contributed by atoms with van der Waals surface area (Å²) in [6.45, 7) is 8.33. The van der Waals surface area contributed by atoms with E-state index in [0.29, 0.717) is 13.1 Å². The molecule has 0 fully saturated rings. The molecule has 3 nitrogen and oxygen atoms in total. The Kier molecular flexibility index (Phi) is 6.08. The molecule has 0 heterocycles. The van der Waals surface area contributed by atoms with Crippen LogP contribution in [0.5, 0.6) is 5.75 Å². The summed E-state index contributed by atoms with van der Waals surface area (Å²) in [7, 11) is 1.61. The van der Waals surface area contributed by atoms with Gasteiger partial charge in [-0.2, -0.15) is 0 Å². The first-order valence-corrected chi connectivity index (χ1v) is 6.35. The third-order valence-corrected chi connectivity index (χ3v) is 3.16. The number of methoxy groups -OCH3 is 1. The van der Waals surface area contributed by atoms with Crippen LogP contribution in [0.2, 0.25) is 0 Å². The molecule has 96 valence electrons. The molecule has 1 aromatic rings. The molecule has 0 spiro atoms. The number of nitrogens with zero attached hydrogens (tertiary/aromatic N) is 1. The van der Waals surface area contributed by atoms with Gasteiger partial charge in [-0.15, -0.1) is 13.2 Å². The predicted molar refractivity (Wildman–Crippen MR) is 76.2 cm³/mol. The van der Waals surface area contributed by atoms with Crippen molar-refractivity contribution in [1.82, 2.24) is 4.90 Å². The van der Waals surface area contributed by atoms with Crippen LogP contribution in [0.3, 0.4) is 0 Å². The van der Waals surface area contributed by atoms with Crippen LogP contribution in [0, 0.1) is 0 Å². The molecule has 4 heteroatoms. The normalized spacial score (nSPS) is 9.61. The fourth-order valence-corrected chi connectivity index (χ4v) is 2.10. The van der Waals surface area contributed by atoms with Crippen molar-refractivity contribution in [2.24, 2.45) is 0 Å². The molecule has 0 aliphatic rings. The van der Waals surface area contributed by atoms with Crippen molar-refractivity contribution >= 4 is 17.0 Å². The fourth-order valence-electron chi connectivity index (χ4n) is 1.34. The average Bonchev–Trinajstić information content (AvgIpc) is 2.39. The van der Waals surface area contributed by atoms with E-state index in [0.717, 1.165) is 10.6 Å². The zero-order valence-electron chi connectivity index (χ0n) is 10.5. The lowest BCUT2D eigenvalue weighted by molar-refractivity contribution is 0.233. The summed E-state index contributed by atoms with van der Waals surface area (Å²) in [6, 6.07) is 7.39. The number of rotatable bonds is 6. The van der Waals surface area contributed by atoms with Crippen molar-refractivity contribution in [3.8, 4) is 5.75 Å². The van der Waals surface area contributed by atoms with E-state index >= 15 is 0 Å². The molecule has 0 unspecified atom stereocenters. The van der Waals surface area contributed by atoms with E-state index in [-0.39, 0.29) is 5.24 Å². The minimum absolute atomic E-state index is 0.0139. The number of carbonyl (C=O) groups is 1. The Morgan fingerprint density at radius 1 is 1.28 bits per heavy atom. The minimum Gasteiger partial charge on any atom is -0.497 e. The lowest BCUT2D eigenvalue weighted by atomic mass is 10.3. The molecule has 0 aliphatic heterocycles. The summed E-state index contributed by atoms with van der Waals surface area (Å²) in [5.74, 6) is 0.779. The maximum Gasteiger partial charge on any atom is 0.287 e. The van der Waals surface area contributed by atoms with Crippen molar-refractivity contribution in [3.05, 3.63) is 49.6 Å². The van der Waals surface area contributed by atoms with Gasteiger partial charge in [0.25, 0.3) is 5.24 Å². The monoisotopic (exact) mass is 263 g/mol. The number of hydrogen-bond donors (Lipinski definition) is 0. The molecule has 0 N–H and O–H groups in total. The average molecular weight is 263 g/mol. The third-order valence-electron chi connectivity index (χ3n) is 2.22. The van der Waals surface area contributed by atoms with Crippen LogP contribution in [-0.4, -0.2) is 30.3 Å². The van der Waals surface area contributed by atoms with Crippen molar-refractivity contribution in [1.29, 1.82) is 0 Å². The first kappa shape index (κ1) is 14.4. The maximum atomic E-state index is 12.0. The number of ether oxygens (including phenoxy) is 1. The van der Waals surface area contributed by atoms with Crippen molar-refractivity contribution in [2.45, 2.75) is 4.90 Å². The Balaban J connectivity index is 2.65. The Hall–Kier alpha value is -1.68. The Labute approximate surface area is 112 Å². The number of amides is 1. The highest BCUT2D eigenvalue weighted by atomic mass is 32.2. The van der Waals surface area contributed by atoms with Crippen molar-refractivity contribution in [2.75, 3.05) is 20.2 Å². The molecule has 1 aromatic carbocycles. The minimum atomic E-state index is -0.0139. The number of carbonyl (C=O) groups excluding carboxylic acids is 1. The van der Waals surface area contributed by atoms with E-state index in [9.17, 15) is 4.79 Å². The van der Waals surface area contributed by atoms with Gasteiger partial charge in [0.2, 0.25) is 0 Å². The predicted octanol–water partition coefficient (Wildman–Crippen LogP) is 3.58. The molecule has 0 atom stereocenters. The lowest BCUT2D eigenvalue weighted by Gasteiger charge is -2.18. The Morgan fingerprint density at radius 2 is 1.83 bits per heavy atom. The van der Waals surface area contributed by atoms with Crippen LogP contribution < -0.4 is 4.74 Å². The number of benzene rings is 1. The molecule has 0 radical (unpaired) electrons. The largest absolute Gasteiger partial charge is 0.497 e. The molecule has 1 amide bonds. The summed E-state index contributed by atoms with van der Waals surface area (Å²) in [5, 5.41) is -0.0139. The summed E-state index contributed by atoms with van der Waals surface area (Å²) in [4.78, 5) is 14.6. The van der Waals surface area contributed by atoms with Gasteiger partial charge in [0.1, 0.15) is 5.75 Å². The maximum absolute atomic E-state index is 12.0. The summed E-state index contributed by atoms with van der Waals surface area (Å²) >= 11 is 1.19. The topological polar surface area (TPSA) is 29.5 Å². The van der Waals surface area contributed by atoms with E-state index < -0.39 is 0 Å². The molecule has 18 heavy (non-hydrogen) atoms. The fraction of sp³-hybridized carbons (Fsp3) is 0.214. The van der Waals surface area contributed by atoms with Gasteiger partial charge >= 0.3 is 0 Å². The quantitative estimate of drug-likeness (QED) is 0.580. The molecule has 0 saturated heterocycles. The second-order valence-corrected chi connectivity index (χ2v) is 4.55. The zero-order valence-corrected chi connectivity index (χ0v) is 11.3. The van der Waals surface area contributed by atoms with Crippen LogP contribution in [0.25, 0.3) is 0 Å². The first-order valence-electron chi connectivity index (χ1n) is 5.54. The summed E-state index contributed by atoms with van der Waals surface area (Å²) in [5.41, 5.74) is 0. The molecular formula is C14H17NO2S. The van der Waals surface area contributed by atoms with Gasteiger partial charge in [-0.25, -0.2) is 0 Å². The van der Waals surface area contributed by atoms with E-state index in [1.165, 1.54) is 11.8 Å². The summed E-state index contributed by atoms with van der Waals surface area (Å²) < 4.78 is 5.07. The third kappa shape index (κ3) is 4.30. The smallest absolute Gasteiger partial charge is 0.287 e. The van der Waals surface area contributed by atoms with Gasteiger partial charge in [0, 0.05) is 18.0 Å². The number of thioether (sulfide) groups is 1.